The predicted octanol–water partition coefficient (Wildman–Crippen LogP) is 8.85. The van der Waals surface area contributed by atoms with Crippen LogP contribution >= 0.6 is 0 Å². The van der Waals surface area contributed by atoms with Crippen LogP contribution in [0.1, 0.15) is 107 Å². The van der Waals surface area contributed by atoms with Gasteiger partial charge in [-0.05, 0) is 49.5 Å². The summed E-state index contributed by atoms with van der Waals surface area (Å²) in [6.07, 6.45) is 14.0. The number of hydrogen-bond donors (Lipinski definition) is 0. The van der Waals surface area contributed by atoms with Crippen LogP contribution in [-0.4, -0.2) is 25.6 Å². The van der Waals surface area contributed by atoms with Gasteiger partial charge >= 0.3 is 0 Å². The lowest BCUT2D eigenvalue weighted by Gasteiger charge is -2.22. The highest BCUT2D eigenvalue weighted by atomic mass is 16.5. The Hall–Kier alpha value is -2.75. The van der Waals surface area contributed by atoms with Crippen molar-refractivity contribution in [3.8, 4) is 17.2 Å². The quantitative estimate of drug-likeness (QED) is 0.111. The van der Waals surface area contributed by atoms with Crippen molar-refractivity contribution in [2.24, 2.45) is 0 Å². The zero-order valence-electron chi connectivity index (χ0n) is 22.9. The average molecular weight is 495 g/mol. The normalized spacial score (nSPS) is 11.1. The minimum atomic E-state index is -0.0316. The van der Waals surface area contributed by atoms with Gasteiger partial charge in [-0.2, -0.15) is 0 Å². The first-order valence-electron chi connectivity index (χ1n) is 14.0. The Kier molecular flexibility index (Phi) is 14.4. The van der Waals surface area contributed by atoms with Crippen LogP contribution in [0.15, 0.2) is 42.5 Å². The van der Waals surface area contributed by atoms with Gasteiger partial charge < -0.3 is 14.2 Å². The van der Waals surface area contributed by atoms with Gasteiger partial charge in [0, 0.05) is 11.1 Å². The van der Waals surface area contributed by atoms with Gasteiger partial charge in [-0.15, -0.1) is 0 Å². The maximum Gasteiger partial charge on any atom is 0.204 e. The van der Waals surface area contributed by atoms with Gasteiger partial charge in [0.2, 0.25) is 5.75 Å². The number of ether oxygens (including phenoxy) is 3. The number of unbranched alkanes of at least 4 members (excludes halogenated alkanes) is 6. The third-order valence-corrected chi connectivity index (χ3v) is 6.13. The van der Waals surface area contributed by atoms with Crippen LogP contribution in [0.4, 0.5) is 0 Å². The fraction of sp³-hybridized carbons (Fsp3) is 0.531. The topological polar surface area (TPSA) is 44.8 Å². The molecule has 2 aromatic rings. The molecule has 0 saturated heterocycles. The largest absolute Gasteiger partial charge is 0.489 e. The van der Waals surface area contributed by atoms with Crippen LogP contribution in [0, 0.1) is 0 Å². The van der Waals surface area contributed by atoms with Crippen molar-refractivity contribution in [1.29, 1.82) is 0 Å². The van der Waals surface area contributed by atoms with E-state index in [9.17, 15) is 4.79 Å². The van der Waals surface area contributed by atoms with E-state index in [1.807, 2.05) is 36.4 Å². The fourth-order valence-corrected chi connectivity index (χ4v) is 3.97. The van der Waals surface area contributed by atoms with Gasteiger partial charge in [-0.1, -0.05) is 96.6 Å². The van der Waals surface area contributed by atoms with Gasteiger partial charge in [0.25, 0.3) is 0 Å². The molecule has 36 heavy (non-hydrogen) atoms. The third kappa shape index (κ3) is 9.72. The maximum absolute atomic E-state index is 12.8. The Bertz CT molecular complexity index is 917. The molecule has 0 fully saturated rings. The molecule has 0 spiro atoms. The summed E-state index contributed by atoms with van der Waals surface area (Å²) in [6, 6.07) is 11.4. The molecule has 198 valence electrons. The molecule has 0 radical (unpaired) electrons. The van der Waals surface area contributed by atoms with Crippen LogP contribution in [0.3, 0.4) is 0 Å². The van der Waals surface area contributed by atoms with E-state index in [0.29, 0.717) is 36.9 Å². The Morgan fingerprint density at radius 2 is 1.22 bits per heavy atom. The number of hydrogen-bond acceptors (Lipinski definition) is 4. The lowest BCUT2D eigenvalue weighted by atomic mass is 10.0. The molecule has 0 heterocycles. The predicted molar refractivity (Wildman–Crippen MR) is 151 cm³/mol. The molecule has 0 aliphatic carbocycles. The van der Waals surface area contributed by atoms with E-state index in [-0.39, 0.29) is 5.78 Å². The first-order chi connectivity index (χ1) is 17.7. The molecule has 2 rings (SSSR count). The first kappa shape index (κ1) is 29.5. The molecule has 4 heteroatoms. The van der Waals surface area contributed by atoms with E-state index < -0.39 is 0 Å². The SMILES string of the molecule is CCCCCOc1c(C=CC(=O)c2ccccc2)cc(CC)c(OCCCCC)c1OCCCCC. The molecule has 0 aliphatic rings. The summed E-state index contributed by atoms with van der Waals surface area (Å²) in [4.78, 5) is 12.8. The van der Waals surface area contributed by atoms with E-state index in [2.05, 4.69) is 33.8 Å². The number of allylic oxidation sites excluding steroid dienone is 1. The van der Waals surface area contributed by atoms with Crippen LogP contribution in [0.5, 0.6) is 17.2 Å². The second-order valence-corrected chi connectivity index (χ2v) is 9.20. The summed E-state index contributed by atoms with van der Waals surface area (Å²) < 4.78 is 19.1. The van der Waals surface area contributed by atoms with Crippen molar-refractivity contribution < 1.29 is 19.0 Å². The molecule has 0 saturated carbocycles. The monoisotopic (exact) mass is 494 g/mol. The minimum absolute atomic E-state index is 0.0316. The van der Waals surface area contributed by atoms with Crippen molar-refractivity contribution >= 4 is 11.9 Å². The van der Waals surface area contributed by atoms with E-state index in [4.69, 9.17) is 14.2 Å². The van der Waals surface area contributed by atoms with Crippen LogP contribution in [0.2, 0.25) is 0 Å². The van der Waals surface area contributed by atoms with Crippen molar-refractivity contribution in [1.82, 2.24) is 0 Å². The molecule has 0 amide bonds. The minimum Gasteiger partial charge on any atom is -0.489 e. The highest BCUT2D eigenvalue weighted by Gasteiger charge is 2.21. The van der Waals surface area contributed by atoms with E-state index in [1.54, 1.807) is 6.08 Å². The molecule has 2 aromatic carbocycles. The third-order valence-electron chi connectivity index (χ3n) is 6.13. The highest BCUT2D eigenvalue weighted by molar-refractivity contribution is 6.07. The van der Waals surface area contributed by atoms with Crippen molar-refractivity contribution in [2.45, 2.75) is 91.9 Å². The van der Waals surface area contributed by atoms with E-state index in [0.717, 1.165) is 81.1 Å². The molecule has 0 bridgehead atoms. The Labute approximate surface area is 219 Å². The van der Waals surface area contributed by atoms with Crippen molar-refractivity contribution in [3.05, 3.63) is 59.2 Å². The first-order valence-corrected chi connectivity index (χ1v) is 14.0. The van der Waals surface area contributed by atoms with Gasteiger partial charge in [0.1, 0.15) is 0 Å². The molecular formula is C32H46O4. The second kappa shape index (κ2) is 17.6. The summed E-state index contributed by atoms with van der Waals surface area (Å²) in [5, 5.41) is 0. The highest BCUT2D eigenvalue weighted by Crippen LogP contribution is 2.44. The van der Waals surface area contributed by atoms with Gasteiger partial charge in [-0.3, -0.25) is 4.79 Å². The van der Waals surface area contributed by atoms with E-state index in [1.165, 1.54) is 0 Å². The number of carbonyl (C=O) groups is 1. The van der Waals surface area contributed by atoms with Gasteiger partial charge in [-0.25, -0.2) is 0 Å². The molecule has 0 atom stereocenters. The van der Waals surface area contributed by atoms with E-state index >= 15 is 0 Å². The molecule has 0 aliphatic heterocycles. The Morgan fingerprint density at radius 3 is 1.75 bits per heavy atom. The second-order valence-electron chi connectivity index (χ2n) is 9.20. The van der Waals surface area contributed by atoms with Crippen LogP contribution in [0.25, 0.3) is 6.08 Å². The summed E-state index contributed by atoms with van der Waals surface area (Å²) in [5.74, 6) is 2.13. The van der Waals surface area contributed by atoms with Crippen molar-refractivity contribution in [3.63, 3.8) is 0 Å². The number of benzene rings is 2. The average Bonchev–Trinajstić information content (AvgIpc) is 2.91. The lowest BCUT2D eigenvalue weighted by Crippen LogP contribution is -2.09. The standard InChI is InChI=1S/C32H46O4/c1-5-9-15-22-34-30-26(8-4)25-28(20-21-29(33)27-18-13-12-14-19-27)31(35-23-16-10-6-2)32(30)36-24-17-11-7-3/h12-14,18-21,25H,5-11,15-17,22-24H2,1-4H3. The number of rotatable bonds is 19. The fourth-order valence-electron chi connectivity index (χ4n) is 3.97. The smallest absolute Gasteiger partial charge is 0.204 e. The van der Waals surface area contributed by atoms with Gasteiger partial charge in [0.05, 0.1) is 19.8 Å². The lowest BCUT2D eigenvalue weighted by molar-refractivity contribution is 0.104. The summed E-state index contributed by atoms with van der Waals surface area (Å²) >= 11 is 0. The van der Waals surface area contributed by atoms with Crippen molar-refractivity contribution in [2.75, 3.05) is 19.8 Å². The summed E-state index contributed by atoms with van der Waals surface area (Å²) in [6.45, 7) is 10.6. The number of ketones is 1. The number of aryl methyl sites for hydroxylation is 1. The molecule has 0 unspecified atom stereocenters. The zero-order chi connectivity index (χ0) is 26.0. The summed E-state index contributed by atoms with van der Waals surface area (Å²) in [7, 11) is 0. The maximum atomic E-state index is 12.8. The molecule has 0 aromatic heterocycles. The van der Waals surface area contributed by atoms with Crippen LogP contribution < -0.4 is 14.2 Å². The molecule has 0 N–H and O–H groups in total. The Morgan fingerprint density at radius 1 is 0.694 bits per heavy atom. The zero-order valence-corrected chi connectivity index (χ0v) is 22.9. The number of carbonyl (C=O) groups excluding carboxylic acids is 1. The van der Waals surface area contributed by atoms with Gasteiger partial charge in [0.15, 0.2) is 17.3 Å². The summed E-state index contributed by atoms with van der Waals surface area (Å²) in [5.41, 5.74) is 2.60. The Balaban J connectivity index is 2.47. The molecule has 4 nitrogen and oxygen atoms in total. The molecular weight excluding hydrogens is 448 g/mol. The van der Waals surface area contributed by atoms with Crippen LogP contribution in [-0.2, 0) is 6.42 Å².